The highest BCUT2D eigenvalue weighted by Gasteiger charge is 2.05. The molecule has 3 N–H and O–H groups in total. The van der Waals surface area contributed by atoms with Crippen LogP contribution in [0.25, 0.3) is 0 Å². The fraction of sp³-hybridized carbons (Fsp3) is 0.556. The summed E-state index contributed by atoms with van der Waals surface area (Å²) in [5.74, 6) is -0.102. The van der Waals surface area contributed by atoms with E-state index in [1.54, 1.807) is 0 Å². The van der Waals surface area contributed by atoms with Crippen molar-refractivity contribution in [2.24, 2.45) is 5.73 Å². The number of hydrogen-bond acceptors (Lipinski definition) is 6. The second-order valence-corrected chi connectivity index (χ2v) is 5.91. The van der Waals surface area contributed by atoms with Crippen LogP contribution in [-0.4, -0.2) is 43.3 Å². The number of anilines is 1. The highest BCUT2D eigenvalue weighted by Crippen LogP contribution is 1.98. The Bertz CT molecular complexity index is 523. The van der Waals surface area contributed by atoms with Gasteiger partial charge in [0.15, 0.2) is 0 Å². The van der Waals surface area contributed by atoms with Crippen molar-refractivity contribution >= 4 is 15.5 Å². The number of nitrogens with zero attached hydrogens (tertiary/aromatic N) is 2. The van der Waals surface area contributed by atoms with Crippen LogP contribution in [0, 0.1) is 0 Å². The molecule has 0 aliphatic carbocycles. The lowest BCUT2D eigenvalue weighted by molar-refractivity contribution is 0.575. The Hall–Kier alpha value is -1.41. The van der Waals surface area contributed by atoms with Gasteiger partial charge in [-0.25, -0.2) is 13.1 Å². The topological polar surface area (TPSA) is 107 Å². The van der Waals surface area contributed by atoms with E-state index in [1.165, 1.54) is 12.3 Å². The van der Waals surface area contributed by atoms with Gasteiger partial charge in [-0.15, -0.1) is 0 Å². The van der Waals surface area contributed by atoms with Crippen LogP contribution >= 0.6 is 0 Å². The van der Waals surface area contributed by atoms with Crippen molar-refractivity contribution in [1.29, 1.82) is 0 Å². The van der Waals surface area contributed by atoms with E-state index in [9.17, 15) is 13.2 Å². The number of sulfone groups is 1. The van der Waals surface area contributed by atoms with Crippen molar-refractivity contribution < 1.29 is 8.42 Å². The number of aryl methyl sites for hydroxylation is 1. The maximum Gasteiger partial charge on any atom is 0.268 e. The Morgan fingerprint density at radius 1 is 1.53 bits per heavy atom. The Labute approximate surface area is 99.6 Å². The molecule has 8 heteroatoms. The van der Waals surface area contributed by atoms with E-state index >= 15 is 0 Å². The molecule has 0 saturated heterocycles. The van der Waals surface area contributed by atoms with Crippen LogP contribution < -0.4 is 16.6 Å². The third kappa shape index (κ3) is 4.96. The van der Waals surface area contributed by atoms with Gasteiger partial charge in [0.05, 0.1) is 24.2 Å². The van der Waals surface area contributed by atoms with Gasteiger partial charge in [0, 0.05) is 25.4 Å². The normalized spacial score (nSPS) is 11.4. The molecule has 0 bridgehead atoms. The SMILES string of the molecule is CS(=O)(=O)CCn1ncc(NCCN)cc1=O. The molecule has 1 rings (SSSR count). The summed E-state index contributed by atoms with van der Waals surface area (Å²) in [5.41, 5.74) is 5.55. The molecule has 1 heterocycles. The average Bonchev–Trinajstić information content (AvgIpc) is 2.23. The van der Waals surface area contributed by atoms with Crippen molar-refractivity contribution in [2.75, 3.05) is 30.4 Å². The summed E-state index contributed by atoms with van der Waals surface area (Å²) in [6.07, 6.45) is 2.59. The fourth-order valence-corrected chi connectivity index (χ4v) is 1.67. The molecule has 1 aromatic heterocycles. The van der Waals surface area contributed by atoms with Crippen molar-refractivity contribution in [3.63, 3.8) is 0 Å². The van der Waals surface area contributed by atoms with Crippen LogP contribution in [0.1, 0.15) is 0 Å². The molecule has 17 heavy (non-hydrogen) atoms. The smallest absolute Gasteiger partial charge is 0.268 e. The summed E-state index contributed by atoms with van der Waals surface area (Å²) in [5, 5.41) is 6.79. The van der Waals surface area contributed by atoms with E-state index in [0.29, 0.717) is 18.8 Å². The van der Waals surface area contributed by atoms with Gasteiger partial charge in [0.1, 0.15) is 9.84 Å². The Kier molecular flexibility index (Phi) is 4.64. The zero-order chi connectivity index (χ0) is 12.9. The second-order valence-electron chi connectivity index (χ2n) is 3.65. The largest absolute Gasteiger partial charge is 0.382 e. The molecule has 0 saturated carbocycles. The molecule has 7 nitrogen and oxygen atoms in total. The monoisotopic (exact) mass is 260 g/mol. The molecule has 0 amide bonds. The predicted octanol–water partition coefficient (Wildman–Crippen LogP) is -1.34. The summed E-state index contributed by atoms with van der Waals surface area (Å²) >= 11 is 0. The molecular formula is C9H16N4O3S. The number of aromatic nitrogens is 2. The summed E-state index contributed by atoms with van der Waals surface area (Å²) in [7, 11) is -3.10. The Morgan fingerprint density at radius 3 is 2.76 bits per heavy atom. The fourth-order valence-electron chi connectivity index (χ4n) is 1.17. The first-order valence-electron chi connectivity index (χ1n) is 5.11. The number of rotatable bonds is 6. The minimum Gasteiger partial charge on any atom is -0.382 e. The maximum absolute atomic E-state index is 11.6. The van der Waals surface area contributed by atoms with Gasteiger partial charge in [0.2, 0.25) is 0 Å². The lowest BCUT2D eigenvalue weighted by Gasteiger charge is -2.06. The lowest BCUT2D eigenvalue weighted by Crippen LogP contribution is -2.26. The summed E-state index contributed by atoms with van der Waals surface area (Å²) < 4.78 is 23.0. The maximum atomic E-state index is 11.6. The van der Waals surface area contributed by atoms with Crippen molar-refractivity contribution in [3.8, 4) is 0 Å². The van der Waals surface area contributed by atoms with Crippen molar-refractivity contribution in [2.45, 2.75) is 6.54 Å². The van der Waals surface area contributed by atoms with E-state index in [2.05, 4.69) is 10.4 Å². The minimum absolute atomic E-state index is 0.0643. The molecule has 0 aliphatic rings. The van der Waals surface area contributed by atoms with E-state index in [-0.39, 0.29) is 17.9 Å². The van der Waals surface area contributed by atoms with Crippen LogP contribution in [0.15, 0.2) is 17.1 Å². The molecule has 1 aromatic rings. The Morgan fingerprint density at radius 2 is 2.24 bits per heavy atom. The molecule has 96 valence electrons. The highest BCUT2D eigenvalue weighted by molar-refractivity contribution is 7.90. The van der Waals surface area contributed by atoms with Gasteiger partial charge < -0.3 is 11.1 Å². The second kappa shape index (κ2) is 5.78. The molecule has 0 unspecified atom stereocenters. The molecule has 0 fully saturated rings. The van der Waals surface area contributed by atoms with Crippen LogP contribution in [0.4, 0.5) is 5.69 Å². The first kappa shape index (κ1) is 13.7. The quantitative estimate of drug-likeness (QED) is 0.655. The number of hydrogen-bond donors (Lipinski definition) is 2. The standard InChI is InChI=1S/C9H16N4O3S/c1-17(15,16)5-4-13-9(14)6-8(7-12-13)11-3-2-10/h6-7,11H,2-5,10H2,1H3. The van der Waals surface area contributed by atoms with Crippen molar-refractivity contribution in [3.05, 3.63) is 22.6 Å². The molecule has 0 aromatic carbocycles. The first-order valence-corrected chi connectivity index (χ1v) is 7.17. The van der Waals surface area contributed by atoms with Gasteiger partial charge >= 0.3 is 0 Å². The van der Waals surface area contributed by atoms with Crippen LogP contribution in [0.3, 0.4) is 0 Å². The highest BCUT2D eigenvalue weighted by atomic mass is 32.2. The first-order chi connectivity index (χ1) is 7.92. The van der Waals surface area contributed by atoms with Gasteiger partial charge in [-0.2, -0.15) is 5.10 Å². The van der Waals surface area contributed by atoms with E-state index in [0.717, 1.165) is 10.9 Å². The van der Waals surface area contributed by atoms with Crippen LogP contribution in [-0.2, 0) is 16.4 Å². The summed E-state index contributed by atoms with van der Waals surface area (Å²) in [6.45, 7) is 1.07. The van der Waals surface area contributed by atoms with E-state index < -0.39 is 9.84 Å². The van der Waals surface area contributed by atoms with Gasteiger partial charge in [-0.05, 0) is 0 Å². The van der Waals surface area contributed by atoms with Crippen molar-refractivity contribution in [1.82, 2.24) is 9.78 Å². The van der Waals surface area contributed by atoms with Crippen LogP contribution in [0.2, 0.25) is 0 Å². The predicted molar refractivity (Wildman–Crippen MR) is 65.8 cm³/mol. The zero-order valence-electron chi connectivity index (χ0n) is 9.59. The van der Waals surface area contributed by atoms with Gasteiger partial charge in [0.25, 0.3) is 5.56 Å². The molecular weight excluding hydrogens is 244 g/mol. The van der Waals surface area contributed by atoms with E-state index in [4.69, 9.17) is 5.73 Å². The molecule has 0 radical (unpaired) electrons. The molecule has 0 aliphatic heterocycles. The van der Waals surface area contributed by atoms with Gasteiger partial charge in [-0.1, -0.05) is 0 Å². The van der Waals surface area contributed by atoms with Crippen LogP contribution in [0.5, 0.6) is 0 Å². The van der Waals surface area contributed by atoms with Gasteiger partial charge in [-0.3, -0.25) is 4.79 Å². The minimum atomic E-state index is -3.10. The lowest BCUT2D eigenvalue weighted by atomic mass is 10.4. The summed E-state index contributed by atoms with van der Waals surface area (Å²) in [4.78, 5) is 11.6. The van der Waals surface area contributed by atoms with E-state index in [1.807, 2.05) is 0 Å². The number of nitrogens with two attached hydrogens (primary N) is 1. The summed E-state index contributed by atoms with van der Waals surface area (Å²) in [6, 6.07) is 1.37. The Balaban J connectivity index is 2.73. The average molecular weight is 260 g/mol. The molecule has 0 atom stereocenters. The third-order valence-corrected chi connectivity index (χ3v) is 2.94. The number of nitrogens with one attached hydrogen (secondary N) is 1. The molecule has 0 spiro atoms. The zero-order valence-corrected chi connectivity index (χ0v) is 10.4. The third-order valence-electron chi connectivity index (χ3n) is 2.02.